The van der Waals surface area contributed by atoms with Gasteiger partial charge in [0.15, 0.2) is 5.65 Å². The van der Waals surface area contributed by atoms with Crippen molar-refractivity contribution in [1.29, 1.82) is 0 Å². The van der Waals surface area contributed by atoms with Gasteiger partial charge in [0.05, 0.1) is 5.88 Å². The Kier molecular flexibility index (Phi) is 3.38. The van der Waals surface area contributed by atoms with Crippen LogP contribution in [0, 0.1) is 6.92 Å². The summed E-state index contributed by atoms with van der Waals surface area (Å²) in [4.78, 5) is 21.1. The standard InChI is InChI=1S/C14H17ClN4O/c1-8-5-11-13(16-7-8)19(12(6-15)18-11)9(2)14(20)17-10-3-4-10/h5,7,9-10H,3-4,6H2,1-2H3,(H,17,20). The van der Waals surface area contributed by atoms with E-state index in [0.29, 0.717) is 17.5 Å². The molecule has 1 aliphatic rings. The Bertz CT molecular complexity index is 662. The maximum Gasteiger partial charge on any atom is 0.243 e. The van der Waals surface area contributed by atoms with Crippen molar-refractivity contribution in [2.45, 2.75) is 44.7 Å². The van der Waals surface area contributed by atoms with Crippen LogP contribution in [0.3, 0.4) is 0 Å². The molecule has 1 amide bonds. The molecular weight excluding hydrogens is 276 g/mol. The van der Waals surface area contributed by atoms with Crippen LogP contribution in [0.25, 0.3) is 11.2 Å². The van der Waals surface area contributed by atoms with Gasteiger partial charge in [-0.2, -0.15) is 0 Å². The van der Waals surface area contributed by atoms with E-state index >= 15 is 0 Å². The van der Waals surface area contributed by atoms with Crippen LogP contribution in [0.1, 0.15) is 37.2 Å². The van der Waals surface area contributed by atoms with Crippen LogP contribution < -0.4 is 5.32 Å². The van der Waals surface area contributed by atoms with Crippen molar-refractivity contribution in [2.24, 2.45) is 0 Å². The lowest BCUT2D eigenvalue weighted by Crippen LogP contribution is -2.33. The molecule has 2 aromatic heterocycles. The number of fused-ring (bicyclic) bond motifs is 1. The maximum atomic E-state index is 12.2. The summed E-state index contributed by atoms with van der Waals surface area (Å²) in [5, 5.41) is 3.01. The van der Waals surface area contributed by atoms with Gasteiger partial charge in [0.1, 0.15) is 17.4 Å². The molecule has 0 aromatic carbocycles. The van der Waals surface area contributed by atoms with Gasteiger partial charge in [0.2, 0.25) is 5.91 Å². The van der Waals surface area contributed by atoms with Crippen molar-refractivity contribution in [3.63, 3.8) is 0 Å². The molecule has 106 valence electrons. The molecule has 20 heavy (non-hydrogen) atoms. The molecule has 1 N–H and O–H groups in total. The van der Waals surface area contributed by atoms with Crippen molar-refractivity contribution >= 4 is 28.7 Å². The van der Waals surface area contributed by atoms with E-state index in [9.17, 15) is 4.79 Å². The summed E-state index contributed by atoms with van der Waals surface area (Å²) in [5.41, 5.74) is 2.54. The van der Waals surface area contributed by atoms with Gasteiger partial charge >= 0.3 is 0 Å². The lowest BCUT2D eigenvalue weighted by atomic mass is 10.2. The first-order valence-corrected chi connectivity index (χ1v) is 7.33. The second kappa shape index (κ2) is 5.05. The molecule has 1 aliphatic carbocycles. The molecule has 1 fully saturated rings. The highest BCUT2D eigenvalue weighted by molar-refractivity contribution is 6.16. The van der Waals surface area contributed by atoms with Crippen LogP contribution in [0.15, 0.2) is 12.3 Å². The number of alkyl halides is 1. The molecule has 5 nitrogen and oxygen atoms in total. The number of hydrogen-bond donors (Lipinski definition) is 1. The first kappa shape index (κ1) is 13.4. The fourth-order valence-corrected chi connectivity index (χ4v) is 2.49. The van der Waals surface area contributed by atoms with E-state index in [1.807, 2.05) is 24.5 Å². The summed E-state index contributed by atoms with van der Waals surface area (Å²) < 4.78 is 1.83. The number of imidazole rings is 1. The first-order chi connectivity index (χ1) is 9.60. The van der Waals surface area contributed by atoms with Crippen molar-refractivity contribution < 1.29 is 4.79 Å². The Hall–Kier alpha value is -1.62. The lowest BCUT2D eigenvalue weighted by molar-refractivity contribution is -0.124. The first-order valence-electron chi connectivity index (χ1n) is 6.80. The summed E-state index contributed by atoms with van der Waals surface area (Å²) >= 11 is 5.97. The molecule has 1 atom stereocenters. The number of rotatable bonds is 4. The number of aryl methyl sites for hydroxylation is 1. The number of carbonyl (C=O) groups excluding carboxylic acids is 1. The highest BCUT2D eigenvalue weighted by atomic mass is 35.5. The number of amides is 1. The Morgan fingerprint density at radius 1 is 1.60 bits per heavy atom. The minimum absolute atomic E-state index is 0.000502. The zero-order valence-electron chi connectivity index (χ0n) is 11.6. The average molecular weight is 293 g/mol. The quantitative estimate of drug-likeness (QED) is 0.880. The number of carbonyl (C=O) groups is 1. The molecule has 0 radical (unpaired) electrons. The zero-order chi connectivity index (χ0) is 14.3. The number of pyridine rings is 1. The molecular formula is C14H17ClN4O. The molecule has 0 bridgehead atoms. The van der Waals surface area contributed by atoms with Crippen LogP contribution >= 0.6 is 11.6 Å². The van der Waals surface area contributed by atoms with Gasteiger partial charge in [-0.1, -0.05) is 0 Å². The normalized spacial score (nSPS) is 16.4. The molecule has 0 saturated heterocycles. The van der Waals surface area contributed by atoms with E-state index in [1.54, 1.807) is 6.20 Å². The summed E-state index contributed by atoms with van der Waals surface area (Å²) in [6.45, 7) is 3.82. The van der Waals surface area contributed by atoms with E-state index in [1.165, 1.54) is 0 Å². The summed E-state index contributed by atoms with van der Waals surface area (Å²) in [5.74, 6) is 0.940. The second-order valence-electron chi connectivity index (χ2n) is 5.35. The Morgan fingerprint density at radius 2 is 2.35 bits per heavy atom. The van der Waals surface area contributed by atoms with Gasteiger partial charge in [-0.3, -0.25) is 9.36 Å². The predicted octanol–water partition coefficient (Wildman–Crippen LogP) is 2.32. The van der Waals surface area contributed by atoms with Gasteiger partial charge in [-0.05, 0) is 38.3 Å². The summed E-state index contributed by atoms with van der Waals surface area (Å²) in [6, 6.07) is 1.94. The SMILES string of the molecule is Cc1cnc2c(c1)nc(CCl)n2C(C)C(=O)NC1CC1. The summed E-state index contributed by atoms with van der Waals surface area (Å²) in [6.07, 6.45) is 3.93. The van der Waals surface area contributed by atoms with E-state index in [0.717, 1.165) is 23.9 Å². The number of nitrogens with one attached hydrogen (secondary N) is 1. The number of hydrogen-bond acceptors (Lipinski definition) is 3. The minimum Gasteiger partial charge on any atom is -0.352 e. The van der Waals surface area contributed by atoms with Gasteiger partial charge in [0.25, 0.3) is 0 Å². The topological polar surface area (TPSA) is 59.8 Å². The van der Waals surface area contributed by atoms with E-state index in [2.05, 4.69) is 15.3 Å². The largest absolute Gasteiger partial charge is 0.352 e. The highest BCUT2D eigenvalue weighted by Crippen LogP contribution is 2.24. The molecule has 2 aromatic rings. The van der Waals surface area contributed by atoms with Crippen molar-refractivity contribution in [3.8, 4) is 0 Å². The molecule has 3 rings (SSSR count). The third kappa shape index (κ3) is 2.38. The minimum atomic E-state index is -0.357. The zero-order valence-corrected chi connectivity index (χ0v) is 12.3. The fraction of sp³-hybridized carbons (Fsp3) is 0.500. The lowest BCUT2D eigenvalue weighted by Gasteiger charge is -2.16. The highest BCUT2D eigenvalue weighted by Gasteiger charge is 2.28. The fourth-order valence-electron chi connectivity index (χ4n) is 2.30. The number of halogens is 1. The van der Waals surface area contributed by atoms with Crippen LogP contribution in [0.2, 0.25) is 0 Å². The van der Waals surface area contributed by atoms with Crippen molar-refractivity contribution in [1.82, 2.24) is 19.9 Å². The summed E-state index contributed by atoms with van der Waals surface area (Å²) in [7, 11) is 0. The van der Waals surface area contributed by atoms with Gasteiger partial charge in [-0.15, -0.1) is 11.6 Å². The van der Waals surface area contributed by atoms with Crippen LogP contribution in [0.4, 0.5) is 0 Å². The monoisotopic (exact) mass is 292 g/mol. The molecule has 6 heteroatoms. The second-order valence-corrected chi connectivity index (χ2v) is 5.61. The van der Waals surface area contributed by atoms with E-state index < -0.39 is 0 Å². The molecule has 1 unspecified atom stereocenters. The third-order valence-corrected chi connectivity index (χ3v) is 3.79. The third-order valence-electron chi connectivity index (χ3n) is 3.55. The average Bonchev–Trinajstić information content (AvgIpc) is 3.16. The van der Waals surface area contributed by atoms with Gasteiger partial charge < -0.3 is 5.32 Å². The molecule has 0 aliphatic heterocycles. The molecule has 0 spiro atoms. The predicted molar refractivity (Wildman–Crippen MR) is 77.7 cm³/mol. The molecule has 1 saturated carbocycles. The number of nitrogens with zero attached hydrogens (tertiary/aromatic N) is 3. The van der Waals surface area contributed by atoms with Crippen LogP contribution in [-0.2, 0) is 10.7 Å². The Morgan fingerprint density at radius 3 is 3.00 bits per heavy atom. The van der Waals surface area contributed by atoms with Gasteiger partial charge in [-0.25, -0.2) is 9.97 Å². The van der Waals surface area contributed by atoms with Gasteiger partial charge in [0, 0.05) is 12.2 Å². The van der Waals surface area contributed by atoms with Crippen molar-refractivity contribution in [2.75, 3.05) is 0 Å². The van der Waals surface area contributed by atoms with Crippen molar-refractivity contribution in [3.05, 3.63) is 23.7 Å². The Labute approximate surface area is 122 Å². The van der Waals surface area contributed by atoms with E-state index in [-0.39, 0.29) is 17.8 Å². The Balaban J connectivity index is 2.01. The molecule has 2 heterocycles. The van der Waals surface area contributed by atoms with Crippen LogP contribution in [-0.4, -0.2) is 26.5 Å². The maximum absolute atomic E-state index is 12.2. The van der Waals surface area contributed by atoms with E-state index in [4.69, 9.17) is 11.6 Å². The smallest absolute Gasteiger partial charge is 0.243 e. The number of aromatic nitrogens is 3. The van der Waals surface area contributed by atoms with Crippen LogP contribution in [0.5, 0.6) is 0 Å².